The van der Waals surface area contributed by atoms with E-state index in [1.807, 2.05) is 0 Å². The van der Waals surface area contributed by atoms with E-state index < -0.39 is 32.9 Å². The second-order valence-electron chi connectivity index (χ2n) is 9.20. The summed E-state index contributed by atoms with van der Waals surface area (Å²) in [6, 6.07) is 9.38. The van der Waals surface area contributed by atoms with Gasteiger partial charge in [-0.25, -0.2) is 22.4 Å². The number of nitrogens with zero attached hydrogens (tertiary/aromatic N) is 4. The molecule has 0 aliphatic carbocycles. The Labute approximate surface area is 248 Å². The number of aromatic nitrogens is 3. The van der Waals surface area contributed by atoms with Gasteiger partial charge in [-0.2, -0.15) is 13.2 Å². The highest BCUT2D eigenvalue weighted by Gasteiger charge is 2.36. The van der Waals surface area contributed by atoms with Crippen LogP contribution in [0.5, 0.6) is 0 Å². The lowest BCUT2D eigenvalue weighted by Gasteiger charge is -2.29. The molecule has 1 saturated heterocycles. The Hall–Kier alpha value is -2.90. The highest BCUT2D eigenvalue weighted by atomic mass is 35.5. The van der Waals surface area contributed by atoms with Gasteiger partial charge in [0.2, 0.25) is 0 Å². The second-order valence-corrected chi connectivity index (χ2v) is 12.2. The number of alkyl halides is 4. The smallest absolute Gasteiger partial charge is 0.378 e. The molecule has 4 aromatic rings. The monoisotopic (exact) mass is 645 g/mol. The predicted octanol–water partition coefficient (Wildman–Crippen LogP) is 6.29. The molecule has 4 heterocycles. The molecule has 1 aromatic carbocycles. The lowest BCUT2D eigenvalue weighted by molar-refractivity contribution is -0.141. The summed E-state index contributed by atoms with van der Waals surface area (Å²) >= 11 is 20.1. The maximum absolute atomic E-state index is 13.9. The highest BCUT2D eigenvalue weighted by molar-refractivity contribution is 7.90. The zero-order chi connectivity index (χ0) is 29.7. The number of hydrogen-bond donors (Lipinski definition) is 1. The van der Waals surface area contributed by atoms with Crippen LogP contribution in [-0.2, 0) is 20.9 Å². The van der Waals surface area contributed by atoms with Gasteiger partial charge in [0.25, 0.3) is 10.0 Å². The summed E-state index contributed by atoms with van der Waals surface area (Å²) in [6.07, 6.45) is -3.59. The number of rotatable bonds is 5. The number of nitrogens with one attached hydrogen (secondary N) is 1. The van der Waals surface area contributed by atoms with Gasteiger partial charge in [-0.1, -0.05) is 41.4 Å². The summed E-state index contributed by atoms with van der Waals surface area (Å²) < 4.78 is 75.1. The molecular weight excluding hydrogens is 626 g/mol. The van der Waals surface area contributed by atoms with Crippen LogP contribution in [0.4, 0.5) is 13.2 Å². The molecular formula is C26H21Cl3F3N5O3S. The SMILES string of the molecule is Cc1cc(C(F)(F)F)nc2c1cc(C(Cl)c1c(Cl)cnc(C(=N)N3CCOCC3)c1Cl)n2S(=O)(=O)c1ccccc1. The summed E-state index contributed by atoms with van der Waals surface area (Å²) in [5.41, 5.74) is -1.62. The topological polar surface area (TPSA) is 101 Å². The van der Waals surface area contributed by atoms with Crippen molar-refractivity contribution in [2.24, 2.45) is 0 Å². The van der Waals surface area contributed by atoms with Crippen LogP contribution < -0.4 is 0 Å². The standard InChI is InChI=1S/C26H21Cl3F3N5O3S/c1-14-11-19(26(30,31)32)35-25-16(14)12-18(37(25)41(38,39)15-5-3-2-4-6-15)21(28)20-17(27)13-34-23(22(20)29)24(33)36-7-9-40-10-8-36/h2-6,11-13,21,33H,7-10H2,1H3. The molecule has 0 amide bonds. The van der Waals surface area contributed by atoms with Crippen LogP contribution >= 0.6 is 34.8 Å². The van der Waals surface area contributed by atoms with Gasteiger partial charge in [-0.05, 0) is 36.8 Å². The average Bonchev–Trinajstić information content (AvgIpc) is 3.34. The van der Waals surface area contributed by atoms with E-state index in [0.717, 1.165) is 6.07 Å². The maximum atomic E-state index is 13.9. The minimum Gasteiger partial charge on any atom is -0.378 e. The first-order chi connectivity index (χ1) is 19.3. The average molecular weight is 647 g/mol. The molecule has 1 aliphatic rings. The van der Waals surface area contributed by atoms with Gasteiger partial charge in [-0.15, -0.1) is 11.6 Å². The van der Waals surface area contributed by atoms with Crippen molar-refractivity contribution in [1.29, 1.82) is 5.41 Å². The largest absolute Gasteiger partial charge is 0.433 e. The fraction of sp³-hybridized carbons (Fsp3) is 0.269. The van der Waals surface area contributed by atoms with Gasteiger partial charge in [0.1, 0.15) is 22.6 Å². The van der Waals surface area contributed by atoms with Crippen molar-refractivity contribution in [3.8, 4) is 0 Å². The van der Waals surface area contributed by atoms with Crippen molar-refractivity contribution < 1.29 is 26.3 Å². The molecule has 0 bridgehead atoms. The number of pyridine rings is 2. The number of benzene rings is 1. The van der Waals surface area contributed by atoms with E-state index in [2.05, 4.69) is 9.97 Å². The number of hydrogen-bond acceptors (Lipinski definition) is 6. The van der Waals surface area contributed by atoms with Crippen LogP contribution in [0.1, 0.15) is 33.6 Å². The maximum Gasteiger partial charge on any atom is 0.433 e. The Balaban J connectivity index is 1.75. The fourth-order valence-corrected chi connectivity index (χ4v) is 7.28. The zero-order valence-corrected chi connectivity index (χ0v) is 24.3. The van der Waals surface area contributed by atoms with Crippen LogP contribution in [0, 0.1) is 12.3 Å². The van der Waals surface area contributed by atoms with Gasteiger partial charge in [-0.3, -0.25) is 5.41 Å². The Kier molecular flexibility index (Phi) is 7.99. The number of fused-ring (bicyclic) bond motifs is 1. The molecule has 216 valence electrons. The van der Waals surface area contributed by atoms with Gasteiger partial charge in [0, 0.05) is 30.2 Å². The normalized spacial score (nSPS) is 15.3. The third kappa shape index (κ3) is 5.39. The second kappa shape index (κ2) is 11.1. The molecule has 1 fully saturated rings. The van der Waals surface area contributed by atoms with Crippen LogP contribution in [0.25, 0.3) is 11.0 Å². The fourth-order valence-electron chi connectivity index (χ4n) is 4.56. The van der Waals surface area contributed by atoms with E-state index in [-0.39, 0.29) is 48.7 Å². The molecule has 1 atom stereocenters. The summed E-state index contributed by atoms with van der Waals surface area (Å²) in [7, 11) is -4.52. The van der Waals surface area contributed by atoms with Crippen LogP contribution in [-0.4, -0.2) is 59.4 Å². The van der Waals surface area contributed by atoms with E-state index >= 15 is 0 Å². The van der Waals surface area contributed by atoms with Crippen LogP contribution in [0.15, 0.2) is 53.6 Å². The summed E-state index contributed by atoms with van der Waals surface area (Å²) in [6.45, 7) is 3.08. The van der Waals surface area contributed by atoms with Gasteiger partial charge in [0.15, 0.2) is 5.65 Å². The molecule has 3 aromatic heterocycles. The zero-order valence-electron chi connectivity index (χ0n) is 21.2. The third-order valence-electron chi connectivity index (χ3n) is 6.61. The Morgan fingerprint density at radius 1 is 1.12 bits per heavy atom. The number of ether oxygens (including phenoxy) is 1. The summed E-state index contributed by atoms with van der Waals surface area (Å²) in [4.78, 5) is 9.45. The number of aryl methyl sites for hydroxylation is 1. The molecule has 41 heavy (non-hydrogen) atoms. The first kappa shape index (κ1) is 29.6. The van der Waals surface area contributed by atoms with E-state index in [1.54, 1.807) is 11.0 Å². The molecule has 8 nitrogen and oxygen atoms in total. The lowest BCUT2D eigenvalue weighted by atomic mass is 10.1. The molecule has 0 radical (unpaired) electrons. The first-order valence-electron chi connectivity index (χ1n) is 12.1. The Morgan fingerprint density at radius 3 is 2.41 bits per heavy atom. The van der Waals surface area contributed by atoms with Crippen molar-refractivity contribution in [2.45, 2.75) is 23.4 Å². The number of amidine groups is 1. The Morgan fingerprint density at radius 2 is 1.78 bits per heavy atom. The minimum absolute atomic E-state index is 0.00938. The Bertz CT molecular complexity index is 1760. The quantitative estimate of drug-likeness (QED) is 0.155. The molecule has 0 saturated carbocycles. The highest BCUT2D eigenvalue weighted by Crippen LogP contribution is 2.43. The van der Waals surface area contributed by atoms with E-state index in [4.69, 9.17) is 44.9 Å². The van der Waals surface area contributed by atoms with Crippen molar-refractivity contribution in [3.63, 3.8) is 0 Å². The third-order valence-corrected chi connectivity index (χ3v) is 9.47. The van der Waals surface area contributed by atoms with Gasteiger partial charge in [0.05, 0.1) is 33.8 Å². The van der Waals surface area contributed by atoms with Gasteiger partial charge < -0.3 is 9.64 Å². The molecule has 1 aliphatic heterocycles. The van der Waals surface area contributed by atoms with Crippen molar-refractivity contribution in [1.82, 2.24) is 18.8 Å². The van der Waals surface area contributed by atoms with Crippen molar-refractivity contribution in [2.75, 3.05) is 26.3 Å². The predicted molar refractivity (Wildman–Crippen MR) is 150 cm³/mol. The minimum atomic E-state index is -4.84. The molecule has 0 spiro atoms. The van der Waals surface area contributed by atoms with E-state index in [0.29, 0.717) is 30.3 Å². The first-order valence-corrected chi connectivity index (χ1v) is 14.8. The molecule has 5 rings (SSSR count). The van der Waals surface area contributed by atoms with Crippen molar-refractivity contribution >= 4 is 61.7 Å². The van der Waals surface area contributed by atoms with Crippen LogP contribution in [0.3, 0.4) is 0 Å². The summed E-state index contributed by atoms with van der Waals surface area (Å²) in [5.74, 6) is -0.00938. The van der Waals surface area contributed by atoms with E-state index in [1.165, 1.54) is 43.5 Å². The van der Waals surface area contributed by atoms with E-state index in [9.17, 15) is 21.6 Å². The van der Waals surface area contributed by atoms with Crippen LogP contribution in [0.2, 0.25) is 10.0 Å². The van der Waals surface area contributed by atoms with Crippen molar-refractivity contribution in [3.05, 3.63) is 86.9 Å². The summed E-state index contributed by atoms with van der Waals surface area (Å²) in [5, 5.41) is 7.28. The van der Waals surface area contributed by atoms with Gasteiger partial charge >= 0.3 is 6.18 Å². The lowest BCUT2D eigenvalue weighted by Crippen LogP contribution is -2.41. The number of morpholine rings is 1. The molecule has 1 unspecified atom stereocenters. The number of halogens is 6. The molecule has 15 heteroatoms. The molecule has 1 N–H and O–H groups in total.